The van der Waals surface area contributed by atoms with Crippen molar-refractivity contribution in [2.75, 3.05) is 25.5 Å². The third kappa shape index (κ3) is 7.67. The molecule has 1 aliphatic carbocycles. The second kappa shape index (κ2) is 12.6. The van der Waals surface area contributed by atoms with Gasteiger partial charge in [-0.2, -0.15) is 0 Å². The molecule has 0 spiro atoms. The summed E-state index contributed by atoms with van der Waals surface area (Å²) in [6.07, 6.45) is 1.65. The van der Waals surface area contributed by atoms with Gasteiger partial charge in [-0.05, 0) is 82.2 Å². The zero-order valence-corrected chi connectivity index (χ0v) is 25.5. The Morgan fingerprint density at radius 3 is 2.44 bits per heavy atom. The summed E-state index contributed by atoms with van der Waals surface area (Å²) in [4.78, 5) is 48.0. The maximum Gasteiger partial charge on any atom is 0.573 e. The average Bonchev–Trinajstić information content (AvgIpc) is 3.30. The number of methoxy groups -OCH3 is 1. The minimum absolute atomic E-state index is 0.0246. The van der Waals surface area contributed by atoms with Crippen molar-refractivity contribution < 1.29 is 37.0 Å². The summed E-state index contributed by atoms with van der Waals surface area (Å²) in [5, 5.41) is 2.39. The van der Waals surface area contributed by atoms with E-state index in [1.807, 2.05) is 6.07 Å². The third-order valence-corrected chi connectivity index (χ3v) is 7.85. The van der Waals surface area contributed by atoms with Crippen LogP contribution in [-0.2, 0) is 9.47 Å². The zero-order chi connectivity index (χ0) is 32.5. The van der Waals surface area contributed by atoms with Crippen LogP contribution < -0.4 is 15.7 Å². The van der Waals surface area contributed by atoms with Crippen molar-refractivity contribution in [1.29, 1.82) is 0 Å². The van der Waals surface area contributed by atoms with Crippen LogP contribution in [0.1, 0.15) is 74.8 Å². The molecule has 5 rings (SSSR count). The van der Waals surface area contributed by atoms with Gasteiger partial charge in [0.1, 0.15) is 11.4 Å². The molecule has 1 aromatic carbocycles. The number of alkyl halides is 3. The molecule has 1 fully saturated rings. The summed E-state index contributed by atoms with van der Waals surface area (Å²) >= 11 is 0. The lowest BCUT2D eigenvalue weighted by atomic mass is 9.93. The first-order valence-electron chi connectivity index (χ1n) is 14.7. The van der Waals surface area contributed by atoms with Crippen LogP contribution in [0.2, 0.25) is 0 Å². The Balaban J connectivity index is 1.34. The van der Waals surface area contributed by atoms with Gasteiger partial charge in [0.15, 0.2) is 5.65 Å². The molecule has 242 valence electrons. The van der Waals surface area contributed by atoms with E-state index >= 15 is 0 Å². The topological polar surface area (TPSA) is 128 Å². The van der Waals surface area contributed by atoms with Crippen molar-refractivity contribution >= 4 is 34.4 Å². The summed E-state index contributed by atoms with van der Waals surface area (Å²) in [6.45, 7) is 5.43. The summed E-state index contributed by atoms with van der Waals surface area (Å²) in [7, 11) is 1.71. The molecule has 2 amide bonds. The third-order valence-electron chi connectivity index (χ3n) is 7.85. The summed E-state index contributed by atoms with van der Waals surface area (Å²) in [5.41, 5.74) is 1.88. The number of nitrogens with one attached hydrogen (secondary N) is 2. The van der Waals surface area contributed by atoms with Crippen LogP contribution in [0.5, 0.6) is 5.75 Å². The number of aromatic nitrogens is 3. The smallest absolute Gasteiger partial charge is 0.444 e. The van der Waals surface area contributed by atoms with Gasteiger partial charge in [0, 0.05) is 38.5 Å². The van der Waals surface area contributed by atoms with Crippen LogP contribution in [-0.4, -0.2) is 69.7 Å². The molecule has 3 aromatic rings. The number of allylic oxidation sites excluding steroid dienone is 1. The minimum Gasteiger partial charge on any atom is -0.444 e. The number of carbonyl (C=O) groups excluding carboxylic acids is 2. The highest BCUT2D eigenvalue weighted by atomic mass is 19.4. The molecule has 0 radical (unpaired) electrons. The van der Waals surface area contributed by atoms with Crippen LogP contribution in [0.3, 0.4) is 0 Å². The Labute approximate surface area is 257 Å². The van der Waals surface area contributed by atoms with E-state index in [4.69, 9.17) is 9.47 Å². The number of fused-ring (bicyclic) bond motifs is 1. The molecule has 2 aromatic heterocycles. The average molecular weight is 632 g/mol. The number of halogens is 3. The van der Waals surface area contributed by atoms with Gasteiger partial charge in [0.2, 0.25) is 0 Å². The largest absolute Gasteiger partial charge is 0.573 e. The van der Waals surface area contributed by atoms with Gasteiger partial charge in [-0.1, -0.05) is 6.08 Å². The Kier molecular flexibility index (Phi) is 8.97. The normalized spacial score (nSPS) is 18.1. The molecule has 1 atom stereocenters. The number of hydrogen-bond acceptors (Lipinski definition) is 7. The number of imidazole rings is 1. The molecule has 2 aliphatic rings. The highest BCUT2D eigenvalue weighted by Gasteiger charge is 2.33. The molecular weight excluding hydrogens is 595 g/mol. The molecule has 0 saturated carbocycles. The number of H-pyrrole nitrogens is 1. The van der Waals surface area contributed by atoms with Gasteiger partial charge in [0.05, 0.1) is 22.9 Å². The molecule has 14 heteroatoms. The first kappa shape index (κ1) is 32.1. The Morgan fingerprint density at radius 1 is 1.09 bits per heavy atom. The fourth-order valence-electron chi connectivity index (χ4n) is 5.75. The minimum atomic E-state index is -4.96. The zero-order valence-electron chi connectivity index (χ0n) is 25.5. The molecule has 2 N–H and O–H groups in total. The highest BCUT2D eigenvalue weighted by Crippen LogP contribution is 2.33. The number of likely N-dealkylation sites (tertiary alicyclic amines) is 1. The van der Waals surface area contributed by atoms with Gasteiger partial charge in [0.25, 0.3) is 5.91 Å². The van der Waals surface area contributed by atoms with Crippen LogP contribution in [0.15, 0.2) is 41.3 Å². The van der Waals surface area contributed by atoms with Gasteiger partial charge in [-0.25, -0.2) is 14.6 Å². The number of aromatic amines is 1. The van der Waals surface area contributed by atoms with Crippen LogP contribution in [0.25, 0.3) is 16.7 Å². The fraction of sp³-hybridized carbons (Fsp3) is 0.484. The first-order chi connectivity index (χ1) is 21.2. The molecule has 3 heterocycles. The number of carbonyl (C=O) groups is 2. The number of nitrogens with zero attached hydrogens (tertiary/aromatic N) is 3. The van der Waals surface area contributed by atoms with Crippen LogP contribution in [0.4, 0.5) is 23.7 Å². The van der Waals surface area contributed by atoms with E-state index in [0.717, 1.165) is 42.5 Å². The SMILES string of the molecule is COC1CC=C(c2cnc3[nH]c(=O)n(C4CCN(C(=O)c5ccc(OC(F)(F)F)cc5NC(=O)OC(C)(C)C)CC4)c3c2)CC1. The lowest BCUT2D eigenvalue weighted by Gasteiger charge is -2.33. The Bertz CT molecular complexity index is 1660. The molecule has 1 unspecified atom stereocenters. The van der Waals surface area contributed by atoms with Crippen molar-refractivity contribution in [2.24, 2.45) is 0 Å². The van der Waals surface area contributed by atoms with E-state index in [2.05, 4.69) is 26.1 Å². The predicted octanol–water partition coefficient (Wildman–Crippen LogP) is 6.03. The van der Waals surface area contributed by atoms with Crippen molar-refractivity contribution in [1.82, 2.24) is 19.4 Å². The standard InChI is InChI=1S/C31H36F3N5O6/c1-30(2,3)45-29(42)36-24-16-22(44-31(32,33)34)9-10-23(24)27(40)38-13-11-20(12-14-38)39-25-15-19(17-35-26(25)37-28(39)41)18-5-7-21(43-4)8-6-18/h5,9-10,15-17,20-21H,6-8,11-14H2,1-4H3,(H,36,42)(H,35,37,41). The van der Waals surface area contributed by atoms with E-state index in [-0.39, 0.29) is 42.2 Å². The predicted molar refractivity (Wildman–Crippen MR) is 160 cm³/mol. The Hall–Kier alpha value is -4.33. The number of benzene rings is 1. The molecule has 0 bridgehead atoms. The quantitative estimate of drug-likeness (QED) is 0.340. The van der Waals surface area contributed by atoms with E-state index in [1.54, 1.807) is 43.5 Å². The van der Waals surface area contributed by atoms with Gasteiger partial charge >= 0.3 is 18.1 Å². The van der Waals surface area contributed by atoms with E-state index in [9.17, 15) is 27.6 Å². The lowest BCUT2D eigenvalue weighted by Crippen LogP contribution is -2.40. The number of rotatable bonds is 6. The fourth-order valence-corrected chi connectivity index (χ4v) is 5.75. The van der Waals surface area contributed by atoms with E-state index in [0.29, 0.717) is 24.0 Å². The Morgan fingerprint density at radius 2 is 1.82 bits per heavy atom. The first-order valence-corrected chi connectivity index (χ1v) is 14.7. The van der Waals surface area contributed by atoms with Crippen LogP contribution in [0, 0.1) is 0 Å². The maximum atomic E-state index is 13.6. The monoisotopic (exact) mass is 631 g/mol. The van der Waals surface area contributed by atoms with Crippen molar-refractivity contribution in [3.63, 3.8) is 0 Å². The van der Waals surface area contributed by atoms with Crippen molar-refractivity contribution in [3.05, 3.63) is 58.1 Å². The number of hydrogen-bond donors (Lipinski definition) is 2. The van der Waals surface area contributed by atoms with E-state index < -0.39 is 29.7 Å². The number of anilines is 1. The number of ether oxygens (including phenoxy) is 3. The summed E-state index contributed by atoms with van der Waals surface area (Å²) in [5.74, 6) is -1.09. The second-order valence-electron chi connectivity index (χ2n) is 12.2. The van der Waals surface area contributed by atoms with Crippen LogP contribution >= 0.6 is 0 Å². The highest BCUT2D eigenvalue weighted by molar-refractivity contribution is 6.03. The number of amides is 2. The van der Waals surface area contributed by atoms with Crippen molar-refractivity contribution in [2.45, 2.75) is 77.0 Å². The van der Waals surface area contributed by atoms with Gasteiger partial charge < -0.3 is 19.1 Å². The molecule has 1 aliphatic heterocycles. The molecule has 1 saturated heterocycles. The van der Waals surface area contributed by atoms with E-state index in [1.165, 1.54) is 6.07 Å². The molecule has 11 nitrogen and oxygen atoms in total. The number of piperidine rings is 1. The van der Waals surface area contributed by atoms with Gasteiger partial charge in [-0.3, -0.25) is 19.7 Å². The summed E-state index contributed by atoms with van der Waals surface area (Å²) < 4.78 is 55.0. The second-order valence-corrected chi connectivity index (χ2v) is 12.2. The van der Waals surface area contributed by atoms with Crippen molar-refractivity contribution in [3.8, 4) is 5.75 Å². The number of pyridine rings is 1. The maximum absolute atomic E-state index is 13.6. The summed E-state index contributed by atoms with van der Waals surface area (Å²) in [6, 6.07) is 4.88. The lowest BCUT2D eigenvalue weighted by molar-refractivity contribution is -0.274. The molecular formula is C31H36F3N5O6. The molecule has 45 heavy (non-hydrogen) atoms. The van der Waals surface area contributed by atoms with Gasteiger partial charge in [-0.15, -0.1) is 13.2 Å².